The first-order valence-corrected chi connectivity index (χ1v) is 7.05. The third-order valence-corrected chi connectivity index (χ3v) is 3.76. The molecule has 0 saturated carbocycles. The molecule has 1 amide bonds. The minimum atomic E-state index is -0.360. The van der Waals surface area contributed by atoms with Gasteiger partial charge in [-0.3, -0.25) is 4.79 Å². The molecule has 0 radical (unpaired) electrons. The van der Waals surface area contributed by atoms with E-state index in [9.17, 15) is 4.79 Å². The first-order chi connectivity index (χ1) is 10.2. The fourth-order valence-electron chi connectivity index (χ4n) is 2.39. The summed E-state index contributed by atoms with van der Waals surface area (Å²) in [7, 11) is 1.74. The summed E-state index contributed by atoms with van der Waals surface area (Å²) in [5.74, 6) is 0.486. The Morgan fingerprint density at radius 2 is 2.05 bits per heavy atom. The van der Waals surface area contributed by atoms with E-state index in [4.69, 9.17) is 16.3 Å². The Balaban J connectivity index is 1.82. The van der Waals surface area contributed by atoms with Crippen molar-refractivity contribution < 1.29 is 9.53 Å². The smallest absolute Gasteiger partial charge is 0.246 e. The molecule has 3 rings (SSSR count). The fraction of sp³-hybridized carbons (Fsp3) is 0.188. The van der Waals surface area contributed by atoms with Gasteiger partial charge in [-0.05, 0) is 18.7 Å². The molecule has 4 nitrogen and oxygen atoms in total. The highest BCUT2D eigenvalue weighted by Gasteiger charge is 2.30. The van der Waals surface area contributed by atoms with Gasteiger partial charge in [0, 0.05) is 17.3 Å². The molecule has 0 aromatic heterocycles. The largest absolute Gasteiger partial charge is 0.487 e. The molecule has 0 aliphatic carbocycles. The number of hydrogen-bond acceptors (Lipinski definition) is 3. The number of benzene rings is 2. The van der Waals surface area contributed by atoms with Crippen LogP contribution in [0.3, 0.4) is 0 Å². The van der Waals surface area contributed by atoms with E-state index in [1.54, 1.807) is 19.2 Å². The van der Waals surface area contributed by atoms with E-state index in [0.29, 0.717) is 17.4 Å². The van der Waals surface area contributed by atoms with Crippen molar-refractivity contribution in [2.45, 2.75) is 12.6 Å². The maximum atomic E-state index is 11.8. The molecule has 108 valence electrons. The Kier molecular flexibility index (Phi) is 3.82. The van der Waals surface area contributed by atoms with Crippen LogP contribution < -0.4 is 15.4 Å². The number of carbonyl (C=O) groups is 1. The van der Waals surface area contributed by atoms with Crippen molar-refractivity contribution in [1.82, 2.24) is 5.32 Å². The zero-order valence-electron chi connectivity index (χ0n) is 11.5. The van der Waals surface area contributed by atoms with Crippen LogP contribution in [0.5, 0.6) is 5.75 Å². The lowest BCUT2D eigenvalue weighted by atomic mass is 10.1. The van der Waals surface area contributed by atoms with Gasteiger partial charge in [-0.25, -0.2) is 0 Å². The maximum absolute atomic E-state index is 11.8. The fourth-order valence-corrected chi connectivity index (χ4v) is 2.62. The van der Waals surface area contributed by atoms with E-state index in [-0.39, 0.29) is 11.9 Å². The van der Waals surface area contributed by atoms with Crippen molar-refractivity contribution in [3.63, 3.8) is 0 Å². The molecule has 2 aromatic rings. The quantitative estimate of drug-likeness (QED) is 0.912. The van der Waals surface area contributed by atoms with Gasteiger partial charge in [-0.1, -0.05) is 41.9 Å². The second kappa shape index (κ2) is 5.76. The highest BCUT2D eigenvalue weighted by atomic mass is 35.5. The van der Waals surface area contributed by atoms with E-state index in [1.807, 2.05) is 30.3 Å². The Labute approximate surface area is 128 Å². The number of nitrogens with one attached hydrogen (secondary N) is 2. The number of fused-ring (bicyclic) bond motifs is 1. The van der Waals surface area contributed by atoms with E-state index in [1.165, 1.54) is 0 Å². The van der Waals surface area contributed by atoms with Crippen molar-refractivity contribution in [1.29, 1.82) is 0 Å². The Bertz CT molecular complexity index is 673. The predicted molar refractivity (Wildman–Crippen MR) is 82.7 cm³/mol. The van der Waals surface area contributed by atoms with Gasteiger partial charge in [0.2, 0.25) is 5.91 Å². The summed E-state index contributed by atoms with van der Waals surface area (Å²) in [5, 5.41) is 6.29. The molecule has 21 heavy (non-hydrogen) atoms. The van der Waals surface area contributed by atoms with Crippen LogP contribution in [0.15, 0.2) is 42.5 Å². The van der Waals surface area contributed by atoms with Crippen LogP contribution in [0.4, 0.5) is 5.69 Å². The second-order valence-electron chi connectivity index (χ2n) is 4.86. The molecule has 0 saturated heterocycles. The zero-order chi connectivity index (χ0) is 14.8. The standard InChI is InChI=1S/C16H15ClN2O2/c1-18-15-11-7-12(17)14(8-13(11)19-16(15)20)21-9-10-5-3-2-4-6-10/h2-8,15,18H,9H2,1H3,(H,19,20). The molecule has 2 N–H and O–H groups in total. The van der Waals surface area contributed by atoms with Crippen molar-refractivity contribution in [3.05, 3.63) is 58.6 Å². The van der Waals surface area contributed by atoms with Gasteiger partial charge >= 0.3 is 0 Å². The Morgan fingerprint density at radius 1 is 1.29 bits per heavy atom. The molecular weight excluding hydrogens is 288 g/mol. The van der Waals surface area contributed by atoms with Gasteiger partial charge < -0.3 is 15.4 Å². The first-order valence-electron chi connectivity index (χ1n) is 6.67. The summed E-state index contributed by atoms with van der Waals surface area (Å²) < 4.78 is 5.75. The Morgan fingerprint density at radius 3 is 2.76 bits per heavy atom. The number of halogens is 1. The molecule has 1 atom stereocenters. The van der Waals surface area contributed by atoms with E-state index >= 15 is 0 Å². The highest BCUT2D eigenvalue weighted by molar-refractivity contribution is 6.32. The minimum Gasteiger partial charge on any atom is -0.487 e. The van der Waals surface area contributed by atoms with Crippen molar-refractivity contribution in [2.75, 3.05) is 12.4 Å². The van der Waals surface area contributed by atoms with Crippen LogP contribution in [-0.2, 0) is 11.4 Å². The topological polar surface area (TPSA) is 50.4 Å². The molecule has 0 fully saturated rings. The number of anilines is 1. The number of ether oxygens (including phenoxy) is 1. The average molecular weight is 303 g/mol. The van der Waals surface area contributed by atoms with Crippen molar-refractivity contribution in [3.8, 4) is 5.75 Å². The third kappa shape index (κ3) is 2.73. The van der Waals surface area contributed by atoms with Crippen molar-refractivity contribution >= 4 is 23.2 Å². The third-order valence-electron chi connectivity index (χ3n) is 3.46. The maximum Gasteiger partial charge on any atom is 0.246 e. The molecule has 2 aromatic carbocycles. The van der Waals surface area contributed by atoms with E-state index < -0.39 is 0 Å². The summed E-state index contributed by atoms with van der Waals surface area (Å²) in [6, 6.07) is 13.0. The molecular formula is C16H15ClN2O2. The molecule has 1 aliphatic rings. The van der Waals surface area contributed by atoms with Crippen LogP contribution in [-0.4, -0.2) is 13.0 Å². The van der Waals surface area contributed by atoms with Crippen LogP contribution >= 0.6 is 11.6 Å². The van der Waals surface area contributed by atoms with Crippen LogP contribution in [0.2, 0.25) is 5.02 Å². The van der Waals surface area contributed by atoms with Gasteiger partial charge in [0.05, 0.1) is 5.02 Å². The van der Waals surface area contributed by atoms with Crippen LogP contribution in [0.25, 0.3) is 0 Å². The lowest BCUT2D eigenvalue weighted by Crippen LogP contribution is -2.23. The summed E-state index contributed by atoms with van der Waals surface area (Å²) in [4.78, 5) is 11.8. The van der Waals surface area contributed by atoms with E-state index in [2.05, 4.69) is 10.6 Å². The normalized spacial score (nSPS) is 16.5. The molecule has 1 aliphatic heterocycles. The molecule has 1 unspecified atom stereocenters. The molecule has 0 bridgehead atoms. The van der Waals surface area contributed by atoms with Gasteiger partial charge in [-0.2, -0.15) is 0 Å². The summed E-state index contributed by atoms with van der Waals surface area (Å²) in [6.07, 6.45) is 0. The number of rotatable bonds is 4. The number of amides is 1. The van der Waals surface area contributed by atoms with Gasteiger partial charge in [0.15, 0.2) is 0 Å². The summed E-state index contributed by atoms with van der Waals surface area (Å²) >= 11 is 6.25. The second-order valence-corrected chi connectivity index (χ2v) is 5.26. The van der Waals surface area contributed by atoms with Crippen LogP contribution in [0, 0.1) is 0 Å². The number of likely N-dealkylation sites (N-methyl/N-ethyl adjacent to an activating group) is 1. The summed E-state index contributed by atoms with van der Waals surface area (Å²) in [5.41, 5.74) is 2.65. The van der Waals surface area contributed by atoms with Crippen LogP contribution in [0.1, 0.15) is 17.2 Å². The molecule has 0 spiro atoms. The first kappa shape index (κ1) is 13.9. The number of carbonyl (C=O) groups excluding carboxylic acids is 1. The zero-order valence-corrected chi connectivity index (χ0v) is 12.3. The minimum absolute atomic E-state index is 0.0798. The highest BCUT2D eigenvalue weighted by Crippen LogP contribution is 2.38. The van der Waals surface area contributed by atoms with E-state index in [0.717, 1.165) is 16.8 Å². The lowest BCUT2D eigenvalue weighted by Gasteiger charge is -2.11. The Hall–Kier alpha value is -2.04. The van der Waals surface area contributed by atoms with Crippen molar-refractivity contribution in [2.24, 2.45) is 0 Å². The van der Waals surface area contributed by atoms with Gasteiger partial charge in [0.25, 0.3) is 0 Å². The van der Waals surface area contributed by atoms with Gasteiger partial charge in [0.1, 0.15) is 18.4 Å². The molecule has 1 heterocycles. The summed E-state index contributed by atoms with van der Waals surface area (Å²) in [6.45, 7) is 0.433. The van der Waals surface area contributed by atoms with Gasteiger partial charge in [-0.15, -0.1) is 0 Å². The lowest BCUT2D eigenvalue weighted by molar-refractivity contribution is -0.117. The SMILES string of the molecule is CNC1C(=O)Nc2cc(OCc3ccccc3)c(Cl)cc21. The molecule has 5 heteroatoms. The average Bonchev–Trinajstić information content (AvgIpc) is 2.80. The monoisotopic (exact) mass is 302 g/mol. The predicted octanol–water partition coefficient (Wildman–Crippen LogP) is 3.13. The number of hydrogen-bond donors (Lipinski definition) is 2.